The van der Waals surface area contributed by atoms with E-state index in [1.165, 1.54) is 12.1 Å². The molecule has 1 aliphatic rings. The van der Waals surface area contributed by atoms with Gasteiger partial charge in [0.2, 0.25) is 0 Å². The van der Waals surface area contributed by atoms with E-state index in [-0.39, 0.29) is 27.2 Å². The van der Waals surface area contributed by atoms with Crippen LogP contribution in [-0.2, 0) is 14.3 Å². The van der Waals surface area contributed by atoms with Gasteiger partial charge < -0.3 is 14.2 Å². The van der Waals surface area contributed by atoms with Gasteiger partial charge in [0.05, 0.1) is 22.8 Å². The lowest BCUT2D eigenvalue weighted by molar-refractivity contribution is -0.114. The molecule has 0 aromatic heterocycles. The summed E-state index contributed by atoms with van der Waals surface area (Å²) < 4.78 is 14.1. The molecule has 1 aromatic rings. The van der Waals surface area contributed by atoms with Gasteiger partial charge in [0, 0.05) is 6.07 Å². The second-order valence-corrected chi connectivity index (χ2v) is 5.44. The summed E-state index contributed by atoms with van der Waals surface area (Å²) in [7, 11) is 1.12. The van der Waals surface area contributed by atoms with Gasteiger partial charge in [0.25, 0.3) is 0 Å². The van der Waals surface area contributed by atoms with Crippen molar-refractivity contribution in [1.82, 2.24) is 0 Å². The van der Waals surface area contributed by atoms with E-state index >= 15 is 0 Å². The average Bonchev–Trinajstić information content (AvgIpc) is 2.77. The number of hydrogen-bond acceptors (Lipinski definition) is 6. The smallest absolute Gasteiger partial charge is 0.437 e. The Morgan fingerprint density at radius 1 is 1.17 bits per heavy atom. The van der Waals surface area contributed by atoms with Gasteiger partial charge in [-0.3, -0.25) is 4.79 Å². The predicted molar refractivity (Wildman–Crippen MR) is 81.8 cm³/mol. The number of rotatable bonds is 2. The zero-order chi connectivity index (χ0) is 17.3. The third kappa shape index (κ3) is 3.25. The Morgan fingerprint density at radius 2 is 1.83 bits per heavy atom. The standard InChI is InChI=1S/C14H11Cl2NO6/c1-6(2)11-12(18)17(13(19)23-11)9-5-10(22-14(20)21-3)8(16)4-7(9)15/h4-5H,1-3H3. The quantitative estimate of drug-likeness (QED) is 0.452. The van der Waals surface area contributed by atoms with Gasteiger partial charge in [0.1, 0.15) is 0 Å². The Labute approximate surface area is 141 Å². The van der Waals surface area contributed by atoms with Crippen molar-refractivity contribution in [1.29, 1.82) is 0 Å². The zero-order valence-corrected chi connectivity index (χ0v) is 13.8. The van der Waals surface area contributed by atoms with Crippen molar-refractivity contribution in [3.63, 3.8) is 0 Å². The fourth-order valence-corrected chi connectivity index (χ4v) is 2.29. The Hall–Kier alpha value is -2.25. The number of imide groups is 1. The normalized spacial score (nSPS) is 14.0. The minimum Gasteiger partial charge on any atom is -0.437 e. The number of methoxy groups -OCH3 is 1. The van der Waals surface area contributed by atoms with E-state index in [0.29, 0.717) is 5.57 Å². The molecule has 9 heteroatoms. The van der Waals surface area contributed by atoms with Crippen molar-refractivity contribution in [3.05, 3.63) is 33.5 Å². The third-order valence-corrected chi connectivity index (χ3v) is 3.42. The van der Waals surface area contributed by atoms with Gasteiger partial charge in [-0.2, -0.15) is 0 Å². The molecule has 0 spiro atoms. The van der Waals surface area contributed by atoms with Crippen LogP contribution in [0.25, 0.3) is 0 Å². The Morgan fingerprint density at radius 3 is 2.35 bits per heavy atom. The fourth-order valence-electron chi connectivity index (χ4n) is 1.78. The SMILES string of the molecule is COC(=O)Oc1cc(N2C(=O)OC(=C(C)C)C2=O)c(Cl)cc1Cl. The summed E-state index contributed by atoms with van der Waals surface area (Å²) in [6.07, 6.45) is -1.93. The van der Waals surface area contributed by atoms with Crippen molar-refractivity contribution in [3.8, 4) is 5.75 Å². The van der Waals surface area contributed by atoms with Crippen LogP contribution in [0, 0.1) is 0 Å². The van der Waals surface area contributed by atoms with E-state index in [2.05, 4.69) is 4.74 Å². The van der Waals surface area contributed by atoms with Crippen LogP contribution in [0.1, 0.15) is 13.8 Å². The number of carbonyl (C=O) groups excluding carboxylic acids is 3. The highest BCUT2D eigenvalue weighted by Crippen LogP contribution is 2.39. The predicted octanol–water partition coefficient (Wildman–Crippen LogP) is 3.92. The maximum absolute atomic E-state index is 12.3. The topological polar surface area (TPSA) is 82.1 Å². The van der Waals surface area contributed by atoms with Gasteiger partial charge in [-0.15, -0.1) is 0 Å². The first-order valence-corrected chi connectivity index (χ1v) is 7.00. The van der Waals surface area contributed by atoms with Crippen molar-refractivity contribution in [2.24, 2.45) is 0 Å². The fraction of sp³-hybridized carbons (Fsp3) is 0.214. The number of cyclic esters (lactones) is 1. The number of benzene rings is 1. The number of hydrogen-bond donors (Lipinski definition) is 0. The largest absolute Gasteiger partial charge is 0.513 e. The summed E-state index contributed by atoms with van der Waals surface area (Å²) >= 11 is 12.0. The molecule has 1 saturated heterocycles. The minimum absolute atomic E-state index is 0.00611. The lowest BCUT2D eigenvalue weighted by Crippen LogP contribution is -2.28. The summed E-state index contributed by atoms with van der Waals surface area (Å²) in [4.78, 5) is 36.2. The van der Waals surface area contributed by atoms with Crippen LogP contribution in [0.4, 0.5) is 15.3 Å². The maximum atomic E-state index is 12.3. The number of allylic oxidation sites excluding steroid dienone is 1. The molecule has 0 atom stereocenters. The number of halogens is 2. The number of ether oxygens (including phenoxy) is 3. The second-order valence-electron chi connectivity index (χ2n) is 4.63. The molecule has 1 heterocycles. The molecule has 0 unspecified atom stereocenters. The molecule has 0 aliphatic carbocycles. The van der Waals surface area contributed by atoms with Crippen LogP contribution >= 0.6 is 23.2 Å². The molecule has 23 heavy (non-hydrogen) atoms. The van der Waals surface area contributed by atoms with E-state index in [1.807, 2.05) is 0 Å². The monoisotopic (exact) mass is 359 g/mol. The van der Waals surface area contributed by atoms with Crippen molar-refractivity contribution >= 4 is 47.0 Å². The van der Waals surface area contributed by atoms with E-state index in [0.717, 1.165) is 12.0 Å². The van der Waals surface area contributed by atoms with E-state index in [1.54, 1.807) is 13.8 Å². The number of amides is 2. The molecule has 0 saturated carbocycles. The molecule has 0 N–H and O–H groups in total. The van der Waals surface area contributed by atoms with Gasteiger partial charge in [0.15, 0.2) is 11.5 Å². The van der Waals surface area contributed by atoms with Gasteiger partial charge in [-0.05, 0) is 25.5 Å². The van der Waals surface area contributed by atoms with E-state index in [9.17, 15) is 14.4 Å². The molecular formula is C14H11Cl2NO6. The van der Waals surface area contributed by atoms with E-state index < -0.39 is 18.2 Å². The summed E-state index contributed by atoms with van der Waals surface area (Å²) in [6.45, 7) is 3.25. The van der Waals surface area contributed by atoms with E-state index in [4.69, 9.17) is 32.7 Å². The molecule has 0 bridgehead atoms. The van der Waals surface area contributed by atoms with Gasteiger partial charge >= 0.3 is 18.2 Å². The third-order valence-electron chi connectivity index (χ3n) is 2.83. The van der Waals surface area contributed by atoms with Crippen LogP contribution in [0.15, 0.2) is 23.5 Å². The molecule has 0 radical (unpaired) electrons. The molecule has 1 aromatic carbocycles. The van der Waals surface area contributed by atoms with Crippen LogP contribution < -0.4 is 9.64 Å². The average molecular weight is 360 g/mol. The van der Waals surface area contributed by atoms with Crippen molar-refractivity contribution < 1.29 is 28.6 Å². The lowest BCUT2D eigenvalue weighted by Gasteiger charge is -2.14. The van der Waals surface area contributed by atoms with Crippen LogP contribution in [0.5, 0.6) is 5.75 Å². The van der Waals surface area contributed by atoms with Gasteiger partial charge in [-0.25, -0.2) is 14.5 Å². The van der Waals surface area contributed by atoms with Gasteiger partial charge in [-0.1, -0.05) is 23.2 Å². The number of nitrogens with zero attached hydrogens (tertiary/aromatic N) is 1. The molecule has 2 amide bonds. The van der Waals surface area contributed by atoms with Crippen LogP contribution in [-0.4, -0.2) is 25.3 Å². The number of anilines is 1. The summed E-state index contributed by atoms with van der Waals surface area (Å²) in [5, 5.41) is 0.0131. The van der Waals surface area contributed by atoms with Crippen LogP contribution in [0.3, 0.4) is 0 Å². The highest BCUT2D eigenvalue weighted by Gasteiger charge is 2.40. The summed E-state index contributed by atoms with van der Waals surface area (Å²) in [5.41, 5.74) is 0.503. The Bertz CT molecular complexity index is 739. The second kappa shape index (κ2) is 6.47. The zero-order valence-electron chi connectivity index (χ0n) is 12.3. The highest BCUT2D eigenvalue weighted by atomic mass is 35.5. The minimum atomic E-state index is -1.01. The first-order chi connectivity index (χ1) is 10.8. The first-order valence-electron chi connectivity index (χ1n) is 6.24. The molecular weight excluding hydrogens is 349 g/mol. The van der Waals surface area contributed by atoms with Crippen molar-refractivity contribution in [2.75, 3.05) is 12.0 Å². The lowest BCUT2D eigenvalue weighted by atomic mass is 10.2. The number of carbonyl (C=O) groups is 3. The summed E-state index contributed by atoms with van der Waals surface area (Å²) in [6, 6.07) is 2.41. The molecule has 122 valence electrons. The molecule has 1 aliphatic heterocycles. The highest BCUT2D eigenvalue weighted by molar-refractivity contribution is 6.39. The van der Waals surface area contributed by atoms with Crippen molar-refractivity contribution in [2.45, 2.75) is 13.8 Å². The summed E-state index contributed by atoms with van der Waals surface area (Å²) in [5.74, 6) is -0.885. The first kappa shape index (κ1) is 17.1. The Kier molecular flexibility index (Phi) is 4.82. The Balaban J connectivity index is 2.49. The maximum Gasteiger partial charge on any atom is 0.513 e. The molecule has 2 rings (SSSR count). The molecule has 7 nitrogen and oxygen atoms in total. The van der Waals surface area contributed by atoms with Crippen LogP contribution in [0.2, 0.25) is 10.0 Å². The molecule has 1 fully saturated rings.